The van der Waals surface area contributed by atoms with Crippen molar-refractivity contribution in [3.8, 4) is 0 Å². The maximum atomic E-state index is 12.4. The normalized spacial score (nSPS) is 23.5. The van der Waals surface area contributed by atoms with Gasteiger partial charge in [-0.25, -0.2) is 13.1 Å². The number of carbonyl (C=O) groups is 1. The molecule has 116 valence electrons. The quantitative estimate of drug-likeness (QED) is 0.836. The summed E-state index contributed by atoms with van der Waals surface area (Å²) in [6.07, 6.45) is 3.73. The van der Waals surface area contributed by atoms with E-state index in [0.29, 0.717) is 12.8 Å². The molecule has 1 aromatic carbocycles. The number of rotatable bonds is 4. The van der Waals surface area contributed by atoms with Crippen molar-refractivity contribution >= 4 is 16.0 Å². The van der Waals surface area contributed by atoms with Gasteiger partial charge in [0.05, 0.1) is 10.8 Å². The molecule has 0 bridgehead atoms. The fraction of sp³-hybridized carbons (Fsp3) is 0.533. The third-order valence-corrected chi connectivity index (χ3v) is 5.43. The molecule has 0 radical (unpaired) electrons. The SMILES string of the molecule is Cc1cccc(S(=O)(=O)NC2CCCCCC2C(=O)O)c1. The molecule has 2 rings (SSSR count). The Morgan fingerprint density at radius 1 is 1.24 bits per heavy atom. The number of aliphatic carboxylic acids is 1. The first-order chi connectivity index (χ1) is 9.90. The zero-order valence-corrected chi connectivity index (χ0v) is 12.9. The summed E-state index contributed by atoms with van der Waals surface area (Å²) in [6.45, 7) is 1.82. The predicted molar refractivity (Wildman–Crippen MR) is 79.5 cm³/mol. The van der Waals surface area contributed by atoms with Crippen molar-refractivity contribution in [1.82, 2.24) is 4.72 Å². The van der Waals surface area contributed by atoms with E-state index in [9.17, 15) is 18.3 Å². The van der Waals surface area contributed by atoms with E-state index in [2.05, 4.69) is 4.72 Å². The highest BCUT2D eigenvalue weighted by molar-refractivity contribution is 7.89. The van der Waals surface area contributed by atoms with E-state index in [0.717, 1.165) is 24.8 Å². The van der Waals surface area contributed by atoms with Crippen LogP contribution < -0.4 is 4.72 Å². The summed E-state index contributed by atoms with van der Waals surface area (Å²) in [7, 11) is -3.68. The van der Waals surface area contributed by atoms with E-state index in [1.165, 1.54) is 6.07 Å². The lowest BCUT2D eigenvalue weighted by Gasteiger charge is -2.22. The van der Waals surface area contributed by atoms with Gasteiger partial charge in [-0.15, -0.1) is 0 Å². The second-order valence-corrected chi connectivity index (χ2v) is 7.34. The lowest BCUT2D eigenvalue weighted by atomic mass is 9.96. The zero-order valence-electron chi connectivity index (χ0n) is 12.1. The topological polar surface area (TPSA) is 83.5 Å². The average molecular weight is 311 g/mol. The van der Waals surface area contributed by atoms with E-state index in [4.69, 9.17) is 0 Å². The minimum atomic E-state index is -3.68. The van der Waals surface area contributed by atoms with Crippen molar-refractivity contribution in [3.63, 3.8) is 0 Å². The first kappa shape index (κ1) is 16.0. The number of nitrogens with one attached hydrogen (secondary N) is 1. The van der Waals surface area contributed by atoms with Crippen LogP contribution in [0, 0.1) is 12.8 Å². The van der Waals surface area contributed by atoms with Crippen LogP contribution >= 0.6 is 0 Å². The summed E-state index contributed by atoms with van der Waals surface area (Å²) in [6, 6.07) is 6.10. The second kappa shape index (κ2) is 6.58. The molecule has 0 heterocycles. The van der Waals surface area contributed by atoms with Crippen molar-refractivity contribution in [2.75, 3.05) is 0 Å². The van der Waals surface area contributed by atoms with Gasteiger partial charge in [0.25, 0.3) is 0 Å². The van der Waals surface area contributed by atoms with Crippen molar-refractivity contribution in [3.05, 3.63) is 29.8 Å². The molecule has 0 amide bonds. The van der Waals surface area contributed by atoms with Crippen molar-refractivity contribution in [2.24, 2.45) is 5.92 Å². The minimum Gasteiger partial charge on any atom is -0.481 e. The minimum absolute atomic E-state index is 0.191. The number of hydrogen-bond donors (Lipinski definition) is 2. The molecular weight excluding hydrogens is 290 g/mol. The fourth-order valence-electron chi connectivity index (χ4n) is 2.79. The van der Waals surface area contributed by atoms with E-state index in [-0.39, 0.29) is 4.90 Å². The Morgan fingerprint density at radius 2 is 1.95 bits per heavy atom. The van der Waals surface area contributed by atoms with Crippen LogP contribution in [-0.4, -0.2) is 25.5 Å². The predicted octanol–water partition coefficient (Wildman–Crippen LogP) is 2.31. The number of hydrogen-bond acceptors (Lipinski definition) is 3. The third-order valence-electron chi connectivity index (χ3n) is 3.94. The molecule has 0 saturated heterocycles. The van der Waals surface area contributed by atoms with E-state index in [1.54, 1.807) is 12.1 Å². The summed E-state index contributed by atoms with van der Waals surface area (Å²) in [5.74, 6) is -1.57. The average Bonchev–Trinajstić information content (AvgIpc) is 2.63. The molecule has 1 aliphatic carbocycles. The Bertz CT molecular complexity index is 612. The lowest BCUT2D eigenvalue weighted by molar-refractivity contribution is -0.142. The molecular formula is C15H21NO4S. The Balaban J connectivity index is 2.23. The van der Waals surface area contributed by atoms with E-state index >= 15 is 0 Å². The highest BCUT2D eigenvalue weighted by Crippen LogP contribution is 2.25. The van der Waals surface area contributed by atoms with Crippen molar-refractivity contribution in [1.29, 1.82) is 0 Å². The van der Waals surface area contributed by atoms with E-state index in [1.807, 2.05) is 13.0 Å². The smallest absolute Gasteiger partial charge is 0.308 e. The van der Waals surface area contributed by atoms with E-state index < -0.39 is 28.0 Å². The largest absolute Gasteiger partial charge is 0.481 e. The Labute approximate surface area is 125 Å². The zero-order chi connectivity index (χ0) is 15.5. The van der Waals surface area contributed by atoms with Gasteiger partial charge in [0.1, 0.15) is 0 Å². The maximum Gasteiger partial charge on any atom is 0.308 e. The molecule has 2 atom stereocenters. The van der Waals surface area contributed by atoms with Crippen LogP contribution in [0.25, 0.3) is 0 Å². The van der Waals surface area contributed by atoms with Crippen LogP contribution in [0.3, 0.4) is 0 Å². The van der Waals surface area contributed by atoms with Crippen LogP contribution in [-0.2, 0) is 14.8 Å². The highest BCUT2D eigenvalue weighted by Gasteiger charge is 2.32. The molecule has 0 spiro atoms. The van der Waals surface area contributed by atoms with Crippen LogP contribution in [0.15, 0.2) is 29.2 Å². The van der Waals surface area contributed by atoms with Gasteiger partial charge in [0.15, 0.2) is 0 Å². The molecule has 21 heavy (non-hydrogen) atoms. The van der Waals surface area contributed by atoms with Crippen LogP contribution in [0.5, 0.6) is 0 Å². The van der Waals surface area contributed by atoms with Gasteiger partial charge in [0, 0.05) is 6.04 Å². The molecule has 2 N–H and O–H groups in total. The van der Waals surface area contributed by atoms with Crippen molar-refractivity contribution < 1.29 is 18.3 Å². The van der Waals surface area contributed by atoms with Crippen molar-refractivity contribution in [2.45, 2.75) is 50.0 Å². The first-order valence-electron chi connectivity index (χ1n) is 7.22. The van der Waals surface area contributed by atoms with Gasteiger partial charge in [-0.1, -0.05) is 31.4 Å². The standard InChI is InChI=1S/C15H21NO4S/c1-11-6-5-7-12(10-11)21(19,20)16-14-9-4-2-3-8-13(14)15(17)18/h5-7,10,13-14,16H,2-4,8-9H2,1H3,(H,17,18). The molecule has 5 nitrogen and oxygen atoms in total. The van der Waals surface area contributed by atoms with Crippen LogP contribution in [0.4, 0.5) is 0 Å². The van der Waals surface area contributed by atoms with Gasteiger partial charge in [0.2, 0.25) is 10.0 Å². The van der Waals surface area contributed by atoms with Crippen LogP contribution in [0.1, 0.15) is 37.7 Å². The molecule has 2 unspecified atom stereocenters. The number of carboxylic acid groups (broad SMARTS) is 1. The molecule has 6 heteroatoms. The number of carboxylic acids is 1. The Morgan fingerprint density at radius 3 is 2.62 bits per heavy atom. The number of aryl methyl sites for hydroxylation is 1. The molecule has 1 aromatic rings. The summed E-state index contributed by atoms with van der Waals surface area (Å²) in [4.78, 5) is 11.5. The molecule has 1 saturated carbocycles. The summed E-state index contributed by atoms with van der Waals surface area (Å²) < 4.78 is 27.5. The van der Waals surface area contributed by atoms with Gasteiger partial charge in [-0.3, -0.25) is 4.79 Å². The molecule has 1 aliphatic rings. The lowest BCUT2D eigenvalue weighted by Crippen LogP contribution is -2.42. The van der Waals surface area contributed by atoms with Gasteiger partial charge >= 0.3 is 5.97 Å². The number of benzene rings is 1. The first-order valence-corrected chi connectivity index (χ1v) is 8.70. The Kier molecular flexibility index (Phi) is 5.00. The Hall–Kier alpha value is -1.40. The molecule has 1 fully saturated rings. The van der Waals surface area contributed by atoms with Gasteiger partial charge in [-0.05, 0) is 37.5 Å². The summed E-state index contributed by atoms with van der Waals surface area (Å²) >= 11 is 0. The van der Waals surface area contributed by atoms with Crippen LogP contribution in [0.2, 0.25) is 0 Å². The maximum absolute atomic E-state index is 12.4. The molecule has 0 aromatic heterocycles. The van der Waals surface area contributed by atoms with Gasteiger partial charge < -0.3 is 5.11 Å². The monoisotopic (exact) mass is 311 g/mol. The summed E-state index contributed by atoms with van der Waals surface area (Å²) in [5.41, 5.74) is 0.855. The van der Waals surface area contributed by atoms with Gasteiger partial charge in [-0.2, -0.15) is 0 Å². The second-order valence-electron chi connectivity index (χ2n) is 5.63. The fourth-order valence-corrected chi connectivity index (χ4v) is 4.21. The highest BCUT2D eigenvalue weighted by atomic mass is 32.2. The third kappa shape index (κ3) is 4.04. The summed E-state index contributed by atoms with van der Waals surface area (Å²) in [5, 5.41) is 9.31. The molecule has 0 aliphatic heterocycles. The number of sulfonamides is 1.